The molecule has 6 nitrogen and oxygen atoms in total. The molecule has 0 heterocycles. The summed E-state index contributed by atoms with van der Waals surface area (Å²) in [6, 6.07) is 7.68. The number of rotatable bonds is 3. The van der Waals surface area contributed by atoms with Crippen LogP contribution in [0.2, 0.25) is 0 Å². The van der Waals surface area contributed by atoms with Crippen molar-refractivity contribution in [2.75, 3.05) is 7.11 Å². The summed E-state index contributed by atoms with van der Waals surface area (Å²) < 4.78 is 4.55. The van der Waals surface area contributed by atoms with E-state index in [0.29, 0.717) is 0 Å². The number of benzene rings is 2. The number of hydrogen-bond donors (Lipinski definition) is 3. The fourth-order valence-corrected chi connectivity index (χ4v) is 1.94. The maximum absolute atomic E-state index is 12.5. The van der Waals surface area contributed by atoms with Crippen LogP contribution in [-0.2, 0) is 4.74 Å². The summed E-state index contributed by atoms with van der Waals surface area (Å²) in [5.74, 6) is -3.07. The number of hydrogen-bond acceptors (Lipinski definition) is 6. The molecule has 0 unspecified atom stereocenters. The van der Waals surface area contributed by atoms with Gasteiger partial charge in [-0.15, -0.1) is 0 Å². The quantitative estimate of drug-likeness (QED) is 0.588. The zero-order valence-electron chi connectivity index (χ0n) is 11.0. The molecule has 6 heteroatoms. The topological polar surface area (TPSA) is 104 Å². The molecule has 21 heavy (non-hydrogen) atoms. The van der Waals surface area contributed by atoms with Crippen LogP contribution in [0.4, 0.5) is 0 Å². The third kappa shape index (κ3) is 2.51. The Morgan fingerprint density at radius 2 is 1.33 bits per heavy atom. The van der Waals surface area contributed by atoms with Crippen molar-refractivity contribution in [3.8, 4) is 17.2 Å². The molecule has 2 aromatic rings. The molecule has 0 aliphatic heterocycles. The largest absolute Gasteiger partial charge is 0.507 e. The van der Waals surface area contributed by atoms with Crippen LogP contribution in [0.15, 0.2) is 36.4 Å². The van der Waals surface area contributed by atoms with Crippen molar-refractivity contribution in [2.45, 2.75) is 0 Å². The molecule has 0 amide bonds. The summed E-state index contributed by atoms with van der Waals surface area (Å²) in [6.45, 7) is 0. The average molecular weight is 288 g/mol. The molecule has 108 valence electrons. The molecular weight excluding hydrogens is 276 g/mol. The lowest BCUT2D eigenvalue weighted by Gasteiger charge is -2.11. The first-order chi connectivity index (χ1) is 9.97. The smallest absolute Gasteiger partial charge is 0.338 e. The fraction of sp³-hybridized carbons (Fsp3) is 0.0667. The second-order valence-corrected chi connectivity index (χ2v) is 4.19. The van der Waals surface area contributed by atoms with Crippen LogP contribution in [0.25, 0.3) is 0 Å². The molecule has 0 radical (unpaired) electrons. The third-order valence-corrected chi connectivity index (χ3v) is 2.92. The summed E-state index contributed by atoms with van der Waals surface area (Å²) in [6.07, 6.45) is 0. The average Bonchev–Trinajstić information content (AvgIpc) is 2.45. The van der Waals surface area contributed by atoms with E-state index in [9.17, 15) is 24.9 Å². The van der Waals surface area contributed by atoms with Crippen molar-refractivity contribution in [3.05, 3.63) is 53.1 Å². The van der Waals surface area contributed by atoms with Crippen LogP contribution in [-0.4, -0.2) is 34.2 Å². The molecule has 0 bridgehead atoms. The predicted molar refractivity (Wildman–Crippen MR) is 72.7 cm³/mol. The Kier molecular flexibility index (Phi) is 3.80. The van der Waals surface area contributed by atoms with Crippen molar-refractivity contribution >= 4 is 11.8 Å². The molecule has 2 rings (SSSR count). The molecule has 0 spiro atoms. The maximum atomic E-state index is 12.5. The molecule has 0 aliphatic carbocycles. The van der Waals surface area contributed by atoms with E-state index in [4.69, 9.17) is 0 Å². The zero-order valence-corrected chi connectivity index (χ0v) is 11.0. The van der Waals surface area contributed by atoms with Crippen LogP contribution < -0.4 is 0 Å². The highest BCUT2D eigenvalue weighted by Gasteiger charge is 2.26. The summed E-state index contributed by atoms with van der Waals surface area (Å²) in [4.78, 5) is 24.1. The fourth-order valence-electron chi connectivity index (χ4n) is 1.94. The molecular formula is C15H12O6. The molecule has 0 fully saturated rings. The minimum absolute atomic E-state index is 0.162. The van der Waals surface area contributed by atoms with Gasteiger partial charge in [-0.25, -0.2) is 4.79 Å². The Labute approximate surface area is 119 Å². The molecule has 0 saturated carbocycles. The van der Waals surface area contributed by atoms with Crippen LogP contribution in [0, 0.1) is 0 Å². The van der Waals surface area contributed by atoms with Gasteiger partial charge in [0, 0.05) is 0 Å². The van der Waals surface area contributed by atoms with Crippen LogP contribution in [0.5, 0.6) is 17.2 Å². The number of methoxy groups -OCH3 is 1. The van der Waals surface area contributed by atoms with E-state index in [2.05, 4.69) is 4.74 Å². The summed E-state index contributed by atoms with van der Waals surface area (Å²) >= 11 is 0. The van der Waals surface area contributed by atoms with E-state index in [1.807, 2.05) is 0 Å². The summed E-state index contributed by atoms with van der Waals surface area (Å²) in [5.41, 5.74) is -0.907. The molecule has 3 N–H and O–H groups in total. The van der Waals surface area contributed by atoms with Crippen LogP contribution in [0.1, 0.15) is 26.3 Å². The lowest BCUT2D eigenvalue weighted by atomic mass is 9.96. The minimum atomic E-state index is -0.885. The van der Waals surface area contributed by atoms with Gasteiger partial charge in [-0.3, -0.25) is 4.79 Å². The highest BCUT2D eigenvalue weighted by molar-refractivity contribution is 6.18. The molecule has 0 atom stereocenters. The third-order valence-electron chi connectivity index (χ3n) is 2.92. The molecule has 0 aromatic heterocycles. The lowest BCUT2D eigenvalue weighted by molar-refractivity contribution is 0.0596. The Morgan fingerprint density at radius 3 is 1.86 bits per heavy atom. The molecule has 0 aliphatic rings. The van der Waals surface area contributed by atoms with Gasteiger partial charge in [-0.2, -0.15) is 0 Å². The van der Waals surface area contributed by atoms with E-state index in [-0.39, 0.29) is 11.1 Å². The Bertz CT molecular complexity index is 700. The summed E-state index contributed by atoms with van der Waals surface area (Å²) in [5, 5.41) is 29.3. The first-order valence-electron chi connectivity index (χ1n) is 5.93. The molecule has 2 aromatic carbocycles. The monoisotopic (exact) mass is 288 g/mol. The lowest BCUT2D eigenvalue weighted by Crippen LogP contribution is -2.12. The van der Waals surface area contributed by atoms with E-state index in [1.54, 1.807) is 0 Å². The Morgan fingerprint density at radius 1 is 0.857 bits per heavy atom. The SMILES string of the molecule is COC(=O)c1cccc(O)c1C(=O)c1c(O)cccc1O. The van der Waals surface area contributed by atoms with E-state index in [1.165, 1.54) is 36.4 Å². The van der Waals surface area contributed by atoms with Crippen molar-refractivity contribution in [1.29, 1.82) is 0 Å². The number of esters is 1. The normalized spacial score (nSPS) is 10.1. The predicted octanol–water partition coefficient (Wildman–Crippen LogP) is 1.82. The van der Waals surface area contributed by atoms with E-state index < -0.39 is 34.6 Å². The van der Waals surface area contributed by atoms with Crippen LogP contribution >= 0.6 is 0 Å². The van der Waals surface area contributed by atoms with Gasteiger partial charge in [-0.1, -0.05) is 12.1 Å². The van der Waals surface area contributed by atoms with Crippen molar-refractivity contribution in [3.63, 3.8) is 0 Å². The van der Waals surface area contributed by atoms with Gasteiger partial charge in [0.2, 0.25) is 5.78 Å². The first-order valence-corrected chi connectivity index (χ1v) is 5.93. The Balaban J connectivity index is 2.67. The Hall–Kier alpha value is -3.02. The number of phenolic OH excluding ortho intramolecular Hbond substituents is 3. The number of ketones is 1. The van der Waals surface area contributed by atoms with Gasteiger partial charge in [0.05, 0.1) is 18.2 Å². The van der Waals surface area contributed by atoms with Gasteiger partial charge in [0.15, 0.2) is 0 Å². The van der Waals surface area contributed by atoms with Gasteiger partial charge in [0.25, 0.3) is 0 Å². The van der Waals surface area contributed by atoms with E-state index >= 15 is 0 Å². The van der Waals surface area contributed by atoms with E-state index in [0.717, 1.165) is 7.11 Å². The molecule has 0 saturated heterocycles. The van der Waals surface area contributed by atoms with Gasteiger partial charge < -0.3 is 20.1 Å². The van der Waals surface area contributed by atoms with Crippen molar-refractivity contribution in [1.82, 2.24) is 0 Å². The number of aromatic hydroxyl groups is 3. The zero-order chi connectivity index (χ0) is 15.6. The number of carbonyl (C=O) groups excluding carboxylic acids is 2. The van der Waals surface area contributed by atoms with Crippen molar-refractivity contribution in [2.24, 2.45) is 0 Å². The van der Waals surface area contributed by atoms with Gasteiger partial charge >= 0.3 is 5.97 Å². The maximum Gasteiger partial charge on any atom is 0.338 e. The van der Waals surface area contributed by atoms with Crippen LogP contribution in [0.3, 0.4) is 0 Å². The van der Waals surface area contributed by atoms with Gasteiger partial charge in [-0.05, 0) is 24.3 Å². The second-order valence-electron chi connectivity index (χ2n) is 4.19. The minimum Gasteiger partial charge on any atom is -0.507 e. The van der Waals surface area contributed by atoms with Crippen molar-refractivity contribution < 1.29 is 29.6 Å². The standard InChI is InChI=1S/C15H12O6/c1-21-15(20)8-4-2-5-9(16)12(8)14(19)13-10(17)6-3-7-11(13)18/h2-7,16-18H,1H3. The second kappa shape index (κ2) is 5.54. The van der Waals surface area contributed by atoms with Gasteiger partial charge in [0.1, 0.15) is 22.8 Å². The number of ether oxygens (including phenoxy) is 1. The first kappa shape index (κ1) is 14.4. The number of phenols is 3. The number of carbonyl (C=O) groups is 2. The highest BCUT2D eigenvalue weighted by Crippen LogP contribution is 2.33. The summed E-state index contributed by atoms with van der Waals surface area (Å²) in [7, 11) is 1.14. The highest BCUT2D eigenvalue weighted by atomic mass is 16.5.